The standard InChI is InChI=1S/C44H55N3O11/c1-20-14-13-15-21(2)43(54)47-34-33-32(45-42(46-33)27-16-11-10-12-17-27)29-30(38(34)52)37(51)25(6)40-31(29)41(53)44(8,58-40)56-19-18-28(55-9)22(3)39(57-26(7)48)24(5)36(50)23(4)35(20)49/h13-15,18-20,22-24,27-28,35-36,39,49-51H,10-12,16-17H2,1-9H3,(H,45,46)/b14-13+,19-18+,21-15-,47-34?/t20-,22-,23-,24+,28+,35+,36+,39+,44+/m1/s1. The molecule has 0 unspecified atom stereocenters. The van der Waals surface area contributed by atoms with E-state index < -0.39 is 83.1 Å². The molecule has 0 saturated heterocycles. The van der Waals surface area contributed by atoms with E-state index in [0.29, 0.717) is 5.82 Å². The van der Waals surface area contributed by atoms with E-state index in [9.17, 15) is 34.5 Å². The van der Waals surface area contributed by atoms with Gasteiger partial charge in [0.25, 0.3) is 11.7 Å². The highest BCUT2D eigenvalue weighted by Crippen LogP contribution is 2.52. The van der Waals surface area contributed by atoms with Crippen LogP contribution in [0.4, 0.5) is 0 Å². The first-order valence-electron chi connectivity index (χ1n) is 20.1. The zero-order valence-corrected chi connectivity index (χ0v) is 34.6. The molecule has 4 N–H and O–H groups in total. The molecule has 1 amide bonds. The Balaban J connectivity index is 1.52. The maximum absolute atomic E-state index is 14.6. The molecule has 1 fully saturated rings. The smallest absolute Gasteiger partial charge is 0.312 e. The minimum atomic E-state index is -1.97. The summed E-state index contributed by atoms with van der Waals surface area (Å²) in [7, 11) is 1.46. The summed E-state index contributed by atoms with van der Waals surface area (Å²) in [6.07, 6.45) is 8.60. The molecule has 0 radical (unpaired) electrons. The number of allylic oxidation sites excluding steroid dienone is 2. The third kappa shape index (κ3) is 7.69. The molecule has 58 heavy (non-hydrogen) atoms. The number of ketones is 2. The number of ether oxygens (including phenoxy) is 4. The Morgan fingerprint density at radius 1 is 0.948 bits per heavy atom. The molecule has 1 aromatic heterocycles. The summed E-state index contributed by atoms with van der Waals surface area (Å²) in [6.45, 7) is 12.7. The van der Waals surface area contributed by atoms with E-state index in [-0.39, 0.29) is 56.6 Å². The van der Waals surface area contributed by atoms with Crippen molar-refractivity contribution in [1.29, 1.82) is 0 Å². The van der Waals surface area contributed by atoms with Gasteiger partial charge in [-0.15, -0.1) is 0 Å². The lowest BCUT2D eigenvalue weighted by Crippen LogP contribution is -2.46. The number of nitrogens with one attached hydrogen (secondary N) is 1. The SMILES string of the molecule is CO[C@H]1/C=C/O[C@@]2(C)Oc3c(C)c(O)c4c(c3C2=O)-c2nc(C3CCCCC3)[nH]c2C(=NC(=O)/C(C)=C\C=C\[C@@H](C)[C@H](O)[C@@H](C)[C@H](O)[C@H](C)[C@@H](OC(C)=O)[C@@H]1C)C4=O. The zero-order valence-electron chi connectivity index (χ0n) is 34.6. The minimum Gasteiger partial charge on any atom is -0.507 e. The number of esters is 1. The maximum atomic E-state index is 14.6. The summed E-state index contributed by atoms with van der Waals surface area (Å²) in [5.41, 5.74) is 0.245. The van der Waals surface area contributed by atoms with Crippen molar-refractivity contribution in [3.8, 4) is 22.8 Å². The van der Waals surface area contributed by atoms with Crippen LogP contribution in [0.1, 0.15) is 124 Å². The van der Waals surface area contributed by atoms with Crippen LogP contribution in [-0.2, 0) is 23.8 Å². The van der Waals surface area contributed by atoms with Gasteiger partial charge in [0.15, 0.2) is 0 Å². The number of aliphatic hydroxyl groups excluding tert-OH is 2. The van der Waals surface area contributed by atoms with Crippen molar-refractivity contribution in [3.05, 3.63) is 64.3 Å². The number of hydrogen-bond donors (Lipinski definition) is 4. The summed E-state index contributed by atoms with van der Waals surface area (Å²) < 4.78 is 23.8. The number of carbonyl (C=O) groups is 4. The second kappa shape index (κ2) is 16.7. The van der Waals surface area contributed by atoms with Gasteiger partial charge in [-0.3, -0.25) is 19.2 Å². The lowest BCUT2D eigenvalue weighted by atomic mass is 9.78. The van der Waals surface area contributed by atoms with Crippen molar-refractivity contribution in [2.75, 3.05) is 7.11 Å². The topological polar surface area (TPSA) is 207 Å². The van der Waals surface area contributed by atoms with Gasteiger partial charge in [0.05, 0.1) is 47.1 Å². The van der Waals surface area contributed by atoms with Crippen molar-refractivity contribution in [3.63, 3.8) is 0 Å². The summed E-state index contributed by atoms with van der Waals surface area (Å²) in [4.78, 5) is 67.7. The maximum Gasteiger partial charge on any atom is 0.312 e. The molecular weight excluding hydrogens is 746 g/mol. The molecule has 1 aromatic carbocycles. The van der Waals surface area contributed by atoms with Gasteiger partial charge < -0.3 is 39.3 Å². The molecule has 4 aliphatic rings. The number of fused-ring (bicyclic) bond motifs is 4. The van der Waals surface area contributed by atoms with Crippen LogP contribution in [0.2, 0.25) is 0 Å². The second-order valence-corrected chi connectivity index (χ2v) is 16.5. The molecule has 2 aliphatic carbocycles. The normalized spacial score (nSPS) is 33.0. The average molecular weight is 802 g/mol. The second-order valence-electron chi connectivity index (χ2n) is 16.5. The van der Waals surface area contributed by atoms with Gasteiger partial charge in [0.1, 0.15) is 29.1 Å². The van der Waals surface area contributed by atoms with Crippen molar-refractivity contribution in [1.82, 2.24) is 9.97 Å². The van der Waals surface area contributed by atoms with E-state index in [1.807, 2.05) is 0 Å². The van der Waals surface area contributed by atoms with Crippen molar-refractivity contribution in [2.24, 2.45) is 28.7 Å². The number of Topliss-reactive ketones (excluding diaryl/α,β-unsaturated/α-hetero) is 2. The van der Waals surface area contributed by atoms with E-state index in [1.165, 1.54) is 46.3 Å². The zero-order chi connectivity index (χ0) is 42.4. The van der Waals surface area contributed by atoms with Gasteiger partial charge >= 0.3 is 11.8 Å². The number of H-pyrrole nitrogens is 1. The number of rotatable bonds is 3. The molecule has 14 nitrogen and oxygen atoms in total. The number of aromatic nitrogens is 2. The van der Waals surface area contributed by atoms with Gasteiger partial charge in [-0.2, -0.15) is 0 Å². The molecule has 6 rings (SSSR count). The van der Waals surface area contributed by atoms with Gasteiger partial charge in [0.2, 0.25) is 5.78 Å². The first-order valence-corrected chi connectivity index (χ1v) is 20.1. The van der Waals surface area contributed by atoms with E-state index in [2.05, 4.69) is 9.98 Å². The molecule has 14 heteroatoms. The van der Waals surface area contributed by atoms with Crippen LogP contribution in [0.5, 0.6) is 11.5 Å². The first kappa shape index (κ1) is 42.7. The number of amides is 1. The summed E-state index contributed by atoms with van der Waals surface area (Å²) in [6, 6.07) is 0. The van der Waals surface area contributed by atoms with Crippen LogP contribution in [0.25, 0.3) is 11.3 Å². The fraction of sp³-hybridized carbons (Fsp3) is 0.545. The molecule has 3 heterocycles. The highest BCUT2D eigenvalue weighted by molar-refractivity contribution is 6.56. The van der Waals surface area contributed by atoms with Crippen LogP contribution in [-0.4, -0.2) is 91.8 Å². The Hall–Kier alpha value is -4.92. The fourth-order valence-corrected chi connectivity index (χ4v) is 8.73. The molecule has 5 bridgehead atoms. The van der Waals surface area contributed by atoms with Crippen molar-refractivity contribution < 1.29 is 53.4 Å². The Bertz CT molecular complexity index is 2110. The van der Waals surface area contributed by atoms with Crippen LogP contribution in [0, 0.1) is 30.6 Å². The van der Waals surface area contributed by atoms with E-state index in [0.717, 1.165) is 32.1 Å². The molecule has 2 aliphatic heterocycles. The molecule has 2 aromatic rings. The number of methoxy groups -OCH3 is 1. The van der Waals surface area contributed by atoms with Gasteiger partial charge in [0, 0.05) is 67.2 Å². The lowest BCUT2D eigenvalue weighted by Gasteiger charge is -2.38. The third-order valence-electron chi connectivity index (χ3n) is 12.4. The predicted octanol–water partition coefficient (Wildman–Crippen LogP) is 6.20. The Morgan fingerprint density at radius 2 is 1.64 bits per heavy atom. The van der Waals surface area contributed by atoms with Crippen LogP contribution in [0.3, 0.4) is 0 Å². The highest BCUT2D eigenvalue weighted by Gasteiger charge is 2.52. The number of benzene rings is 1. The first-order chi connectivity index (χ1) is 27.4. The number of imidazole rings is 1. The summed E-state index contributed by atoms with van der Waals surface area (Å²) in [5, 5.41) is 34.5. The van der Waals surface area contributed by atoms with Crippen molar-refractivity contribution >= 4 is 29.2 Å². The van der Waals surface area contributed by atoms with Gasteiger partial charge in [-0.1, -0.05) is 65.2 Å². The number of carbonyl (C=O) groups excluding carboxylic acids is 4. The average Bonchev–Trinajstić information content (AvgIpc) is 3.76. The monoisotopic (exact) mass is 801 g/mol. The van der Waals surface area contributed by atoms with Gasteiger partial charge in [-0.25, -0.2) is 9.98 Å². The number of aliphatic imine (C=N–C) groups is 1. The Kier molecular flexibility index (Phi) is 12.3. The minimum absolute atomic E-state index is 0.00152. The number of aromatic hydroxyl groups is 1. The number of phenolic OH excluding ortho intramolecular Hbond substituents is 1. The van der Waals surface area contributed by atoms with Crippen LogP contribution < -0.4 is 4.74 Å². The molecule has 312 valence electrons. The molecular formula is C44H55N3O11. The number of aliphatic hydroxyl groups is 2. The van der Waals surface area contributed by atoms with E-state index in [1.54, 1.807) is 46.8 Å². The van der Waals surface area contributed by atoms with E-state index >= 15 is 0 Å². The summed E-state index contributed by atoms with van der Waals surface area (Å²) in [5.74, 6) is -6.85. The number of nitrogens with zero attached hydrogens (tertiary/aromatic N) is 2. The number of phenols is 1. The molecule has 9 atom stereocenters. The van der Waals surface area contributed by atoms with E-state index in [4.69, 9.17) is 23.9 Å². The predicted molar refractivity (Wildman–Crippen MR) is 214 cm³/mol. The lowest BCUT2D eigenvalue weighted by molar-refractivity contribution is -0.160. The molecule has 1 saturated carbocycles. The van der Waals surface area contributed by atoms with Crippen LogP contribution >= 0.6 is 0 Å². The largest absolute Gasteiger partial charge is 0.507 e. The van der Waals surface area contributed by atoms with Gasteiger partial charge in [-0.05, 0) is 32.8 Å². The number of aromatic amines is 1. The number of hydrogen-bond acceptors (Lipinski definition) is 12. The van der Waals surface area contributed by atoms with Crippen LogP contribution in [0.15, 0.2) is 41.1 Å². The third-order valence-corrected chi connectivity index (χ3v) is 12.4. The van der Waals surface area contributed by atoms with Crippen molar-refractivity contribution in [2.45, 2.75) is 124 Å². The quantitative estimate of drug-likeness (QED) is 0.256. The fourth-order valence-electron chi connectivity index (χ4n) is 8.73. The Labute approximate surface area is 338 Å². The molecule has 0 spiro atoms. The summed E-state index contributed by atoms with van der Waals surface area (Å²) >= 11 is 0. The Morgan fingerprint density at radius 3 is 2.29 bits per heavy atom. The highest BCUT2D eigenvalue weighted by atomic mass is 16.7.